The van der Waals surface area contributed by atoms with Crippen molar-refractivity contribution in [1.29, 1.82) is 0 Å². The molecule has 6 nitrogen and oxygen atoms in total. The van der Waals surface area contributed by atoms with Gasteiger partial charge in [0.1, 0.15) is 5.82 Å². The van der Waals surface area contributed by atoms with Crippen molar-refractivity contribution in [2.24, 2.45) is 5.73 Å². The maximum absolute atomic E-state index is 13.5. The third-order valence-electron chi connectivity index (χ3n) is 3.35. The lowest BCUT2D eigenvalue weighted by Gasteiger charge is -2.09. The summed E-state index contributed by atoms with van der Waals surface area (Å²) in [7, 11) is 0. The summed E-state index contributed by atoms with van der Waals surface area (Å²) in [5.41, 5.74) is 5.96. The molecular formula is C17H14Cl2FN3O3. The van der Waals surface area contributed by atoms with Gasteiger partial charge < -0.3 is 16.4 Å². The molecule has 0 heterocycles. The molecule has 0 spiro atoms. The van der Waals surface area contributed by atoms with Crippen LogP contribution in [-0.2, 0) is 11.3 Å². The molecule has 0 atom stereocenters. The highest BCUT2D eigenvalue weighted by Gasteiger charge is 2.14. The first-order chi connectivity index (χ1) is 12.3. The number of rotatable bonds is 6. The van der Waals surface area contributed by atoms with Crippen molar-refractivity contribution in [3.05, 3.63) is 69.0 Å². The van der Waals surface area contributed by atoms with Gasteiger partial charge in [0.05, 0.1) is 22.2 Å². The number of amides is 3. The average molecular weight is 398 g/mol. The van der Waals surface area contributed by atoms with Crippen LogP contribution in [0.25, 0.3) is 0 Å². The van der Waals surface area contributed by atoms with Gasteiger partial charge in [0, 0.05) is 12.1 Å². The first-order valence-corrected chi connectivity index (χ1v) is 8.11. The molecule has 3 amide bonds. The topological polar surface area (TPSA) is 101 Å². The molecule has 0 bridgehead atoms. The van der Waals surface area contributed by atoms with Gasteiger partial charge in [-0.15, -0.1) is 0 Å². The Morgan fingerprint density at radius 2 is 1.62 bits per heavy atom. The number of carbonyl (C=O) groups is 3. The monoisotopic (exact) mass is 397 g/mol. The van der Waals surface area contributed by atoms with Crippen molar-refractivity contribution in [1.82, 2.24) is 10.6 Å². The second-order valence-corrected chi connectivity index (χ2v) is 6.09. The molecule has 2 rings (SSSR count). The zero-order valence-electron chi connectivity index (χ0n) is 13.3. The fourth-order valence-corrected chi connectivity index (χ4v) is 2.49. The molecule has 0 saturated heterocycles. The number of nitrogens with one attached hydrogen (secondary N) is 2. The molecule has 4 N–H and O–H groups in total. The molecule has 2 aromatic rings. The molecule has 9 heteroatoms. The Hall–Kier alpha value is -2.64. The number of benzene rings is 2. The zero-order valence-corrected chi connectivity index (χ0v) is 14.8. The van der Waals surface area contributed by atoms with Crippen LogP contribution in [0.1, 0.15) is 26.3 Å². The Balaban J connectivity index is 1.97. The fourth-order valence-electron chi connectivity index (χ4n) is 2.02. The molecule has 0 aliphatic rings. The van der Waals surface area contributed by atoms with Crippen LogP contribution in [0.15, 0.2) is 36.4 Å². The van der Waals surface area contributed by atoms with Crippen molar-refractivity contribution in [2.75, 3.05) is 6.54 Å². The predicted molar refractivity (Wildman–Crippen MR) is 95.6 cm³/mol. The minimum atomic E-state index is -0.743. The van der Waals surface area contributed by atoms with Crippen molar-refractivity contribution in [2.45, 2.75) is 6.54 Å². The van der Waals surface area contributed by atoms with Crippen LogP contribution in [-0.4, -0.2) is 24.3 Å². The van der Waals surface area contributed by atoms with Crippen molar-refractivity contribution in [3.63, 3.8) is 0 Å². The Labute approximate surface area is 158 Å². The lowest BCUT2D eigenvalue weighted by Crippen LogP contribution is -2.33. The lowest BCUT2D eigenvalue weighted by molar-refractivity contribution is -0.117. The molecule has 2 aromatic carbocycles. The largest absolute Gasteiger partial charge is 0.368 e. The van der Waals surface area contributed by atoms with E-state index in [0.717, 1.165) is 12.1 Å². The minimum Gasteiger partial charge on any atom is -0.368 e. The highest BCUT2D eigenvalue weighted by Crippen LogP contribution is 2.24. The second-order valence-electron chi connectivity index (χ2n) is 5.27. The maximum Gasteiger partial charge on any atom is 0.253 e. The molecular weight excluding hydrogens is 384 g/mol. The van der Waals surface area contributed by atoms with E-state index in [0.29, 0.717) is 11.1 Å². The van der Waals surface area contributed by atoms with E-state index in [4.69, 9.17) is 28.9 Å². The van der Waals surface area contributed by atoms with E-state index in [1.807, 2.05) is 0 Å². The van der Waals surface area contributed by atoms with Gasteiger partial charge in [-0.05, 0) is 29.8 Å². The lowest BCUT2D eigenvalue weighted by atomic mass is 10.1. The standard InChI is InChI=1S/C17H14Cl2FN3O3/c18-12-6-13(19)14(20)5-11(12)17(26)22-7-9-1-3-10(4-2-9)16(25)23-8-15(21)24/h1-6H,7-8H2,(H2,21,24)(H,22,26)(H,23,25). The summed E-state index contributed by atoms with van der Waals surface area (Å²) in [6, 6.07) is 8.45. The van der Waals surface area contributed by atoms with Crippen LogP contribution in [0, 0.1) is 5.82 Å². The number of nitrogens with two attached hydrogens (primary N) is 1. The van der Waals surface area contributed by atoms with Gasteiger partial charge in [-0.25, -0.2) is 4.39 Å². The van der Waals surface area contributed by atoms with Crippen molar-refractivity contribution in [3.8, 4) is 0 Å². The van der Waals surface area contributed by atoms with E-state index in [1.165, 1.54) is 12.1 Å². The normalized spacial score (nSPS) is 10.3. The molecule has 136 valence electrons. The fraction of sp³-hybridized carbons (Fsp3) is 0.118. The van der Waals surface area contributed by atoms with Gasteiger partial charge >= 0.3 is 0 Å². The van der Waals surface area contributed by atoms with Gasteiger partial charge in [0.2, 0.25) is 5.91 Å². The Bertz CT molecular complexity index is 857. The average Bonchev–Trinajstić information content (AvgIpc) is 2.61. The van der Waals surface area contributed by atoms with Gasteiger partial charge in [-0.2, -0.15) is 0 Å². The summed E-state index contributed by atoms with van der Waals surface area (Å²) in [6.45, 7) is -0.113. The van der Waals surface area contributed by atoms with Crippen LogP contribution >= 0.6 is 23.2 Å². The molecule has 0 aliphatic carbocycles. The molecule has 0 saturated carbocycles. The van der Waals surface area contributed by atoms with Crippen LogP contribution in [0.3, 0.4) is 0 Å². The van der Waals surface area contributed by atoms with E-state index in [-0.39, 0.29) is 28.7 Å². The smallest absolute Gasteiger partial charge is 0.253 e. The summed E-state index contributed by atoms with van der Waals surface area (Å²) >= 11 is 11.5. The summed E-state index contributed by atoms with van der Waals surface area (Å²) in [5.74, 6) is -2.39. The van der Waals surface area contributed by atoms with E-state index in [9.17, 15) is 18.8 Å². The maximum atomic E-state index is 13.5. The first-order valence-electron chi connectivity index (χ1n) is 7.36. The van der Waals surface area contributed by atoms with Gasteiger partial charge in [-0.3, -0.25) is 14.4 Å². The molecule has 26 heavy (non-hydrogen) atoms. The van der Waals surface area contributed by atoms with Crippen LogP contribution in [0.5, 0.6) is 0 Å². The van der Waals surface area contributed by atoms with Gasteiger partial charge in [0.25, 0.3) is 11.8 Å². The first kappa shape index (κ1) is 19.7. The van der Waals surface area contributed by atoms with E-state index < -0.39 is 23.5 Å². The quantitative estimate of drug-likeness (QED) is 0.651. The van der Waals surface area contributed by atoms with Crippen LogP contribution < -0.4 is 16.4 Å². The second kappa shape index (κ2) is 8.64. The number of hydrogen-bond donors (Lipinski definition) is 3. The SMILES string of the molecule is NC(=O)CNC(=O)c1ccc(CNC(=O)c2cc(F)c(Cl)cc2Cl)cc1. The summed E-state index contributed by atoms with van der Waals surface area (Å²) in [4.78, 5) is 34.5. The van der Waals surface area contributed by atoms with Crippen molar-refractivity contribution < 1.29 is 18.8 Å². The predicted octanol–water partition coefficient (Wildman–Crippen LogP) is 2.28. The third-order valence-corrected chi connectivity index (χ3v) is 3.95. The Kier molecular flexibility index (Phi) is 6.54. The van der Waals surface area contributed by atoms with Gasteiger partial charge in [-0.1, -0.05) is 35.3 Å². The van der Waals surface area contributed by atoms with Crippen LogP contribution in [0.4, 0.5) is 4.39 Å². The minimum absolute atomic E-state index is 0.0315. The third kappa shape index (κ3) is 5.18. The summed E-state index contributed by atoms with van der Waals surface area (Å²) in [6.07, 6.45) is 0. The Morgan fingerprint density at radius 1 is 0.962 bits per heavy atom. The summed E-state index contributed by atoms with van der Waals surface area (Å²) in [5, 5.41) is 4.83. The number of carbonyl (C=O) groups excluding carboxylic acids is 3. The zero-order chi connectivity index (χ0) is 19.3. The number of primary amides is 1. The molecule has 0 fully saturated rings. The number of halogens is 3. The van der Waals surface area contributed by atoms with E-state index in [1.54, 1.807) is 12.1 Å². The molecule has 0 aromatic heterocycles. The highest BCUT2D eigenvalue weighted by atomic mass is 35.5. The number of hydrogen-bond acceptors (Lipinski definition) is 3. The molecule has 0 unspecified atom stereocenters. The molecule has 0 aliphatic heterocycles. The van der Waals surface area contributed by atoms with Gasteiger partial charge in [0.15, 0.2) is 0 Å². The molecule has 0 radical (unpaired) electrons. The van der Waals surface area contributed by atoms with E-state index in [2.05, 4.69) is 10.6 Å². The van der Waals surface area contributed by atoms with E-state index >= 15 is 0 Å². The van der Waals surface area contributed by atoms with Crippen LogP contribution in [0.2, 0.25) is 10.0 Å². The highest BCUT2D eigenvalue weighted by molar-refractivity contribution is 6.36. The van der Waals surface area contributed by atoms with Crippen molar-refractivity contribution >= 4 is 40.9 Å². The Morgan fingerprint density at radius 3 is 2.23 bits per heavy atom. The summed E-state index contributed by atoms with van der Waals surface area (Å²) < 4.78 is 13.5.